The maximum Gasteiger partial charge on any atom is 0.260 e. The number of carbonyl (C=O) groups excluding carboxylic acids is 2. The fourth-order valence-electron chi connectivity index (χ4n) is 3.20. The molecule has 188 valence electrons. The monoisotopic (exact) mass is 528 g/mol. The molecule has 0 bridgehead atoms. The second-order valence-electron chi connectivity index (χ2n) is 7.75. The zero-order valence-corrected chi connectivity index (χ0v) is 21.4. The molecule has 3 aromatic carbocycles. The number of anilines is 2. The molecular formula is C25H25ClN4O5S. The molecule has 11 heteroatoms. The second-order valence-corrected chi connectivity index (χ2v) is 10.1. The van der Waals surface area contributed by atoms with E-state index in [1.807, 2.05) is 0 Å². The van der Waals surface area contributed by atoms with Crippen LogP contribution in [0.1, 0.15) is 22.8 Å². The van der Waals surface area contributed by atoms with E-state index in [1.165, 1.54) is 13.2 Å². The molecule has 0 aliphatic heterocycles. The lowest BCUT2D eigenvalue weighted by Crippen LogP contribution is -2.39. The van der Waals surface area contributed by atoms with Gasteiger partial charge >= 0.3 is 0 Å². The number of ether oxygens (including phenoxy) is 1. The summed E-state index contributed by atoms with van der Waals surface area (Å²) in [4.78, 5) is 25.0. The molecule has 2 amide bonds. The van der Waals surface area contributed by atoms with Crippen LogP contribution in [0.5, 0.6) is 5.75 Å². The number of methoxy groups -OCH3 is 1. The summed E-state index contributed by atoms with van der Waals surface area (Å²) in [5.41, 5.74) is 4.71. The molecule has 0 aliphatic carbocycles. The van der Waals surface area contributed by atoms with Gasteiger partial charge in [-0.3, -0.25) is 13.9 Å². The number of hydrogen-bond acceptors (Lipinski definition) is 6. The Hall–Kier alpha value is -3.89. The van der Waals surface area contributed by atoms with E-state index in [2.05, 4.69) is 15.8 Å². The predicted octanol–water partition coefficient (Wildman–Crippen LogP) is 3.91. The molecule has 0 saturated carbocycles. The van der Waals surface area contributed by atoms with Crippen molar-refractivity contribution < 1.29 is 22.7 Å². The Morgan fingerprint density at radius 2 is 1.69 bits per heavy atom. The van der Waals surface area contributed by atoms with Crippen molar-refractivity contribution in [1.82, 2.24) is 5.43 Å². The van der Waals surface area contributed by atoms with E-state index < -0.39 is 22.5 Å². The molecule has 0 radical (unpaired) electrons. The summed E-state index contributed by atoms with van der Waals surface area (Å²) >= 11 is 5.95. The molecular weight excluding hydrogens is 504 g/mol. The average Bonchev–Trinajstić information content (AvgIpc) is 2.85. The number of rotatable bonds is 9. The van der Waals surface area contributed by atoms with Gasteiger partial charge in [0.05, 0.1) is 24.8 Å². The van der Waals surface area contributed by atoms with Crippen LogP contribution in [0, 0.1) is 0 Å². The molecule has 3 aromatic rings. The summed E-state index contributed by atoms with van der Waals surface area (Å²) in [7, 11) is -2.29. The van der Waals surface area contributed by atoms with E-state index in [0.29, 0.717) is 33.3 Å². The standard InChI is InChI=1S/C25H25ClN4O5S/c1-17(18-7-5-10-21(14-18)27-25(32)19-8-4-9-20(26)13-19)28-29-24(31)16-30(36(3,33)34)22-11-6-12-23(15-22)35-2/h4-15H,16H2,1-3H3,(H,27,32)(H,29,31)/b28-17-. The molecule has 0 heterocycles. The second kappa shape index (κ2) is 11.7. The molecule has 0 spiro atoms. The van der Waals surface area contributed by atoms with Gasteiger partial charge in [-0.2, -0.15) is 5.10 Å². The Balaban J connectivity index is 1.69. The minimum Gasteiger partial charge on any atom is -0.497 e. The summed E-state index contributed by atoms with van der Waals surface area (Å²) < 4.78 is 30.7. The summed E-state index contributed by atoms with van der Waals surface area (Å²) in [6, 6.07) is 19.9. The van der Waals surface area contributed by atoms with Gasteiger partial charge < -0.3 is 10.1 Å². The van der Waals surface area contributed by atoms with Crippen molar-refractivity contribution in [1.29, 1.82) is 0 Å². The lowest BCUT2D eigenvalue weighted by molar-refractivity contribution is -0.119. The highest BCUT2D eigenvalue weighted by Gasteiger charge is 2.21. The number of nitrogens with zero attached hydrogens (tertiary/aromatic N) is 2. The van der Waals surface area contributed by atoms with Crippen molar-refractivity contribution in [3.8, 4) is 5.75 Å². The molecule has 3 rings (SSSR count). The minimum absolute atomic E-state index is 0.288. The van der Waals surface area contributed by atoms with E-state index >= 15 is 0 Å². The molecule has 36 heavy (non-hydrogen) atoms. The summed E-state index contributed by atoms with van der Waals surface area (Å²) in [6.45, 7) is 1.20. The van der Waals surface area contributed by atoms with Crippen LogP contribution >= 0.6 is 11.6 Å². The molecule has 0 saturated heterocycles. The topological polar surface area (TPSA) is 117 Å². The van der Waals surface area contributed by atoms with Gasteiger partial charge in [-0.25, -0.2) is 13.8 Å². The van der Waals surface area contributed by atoms with Crippen molar-refractivity contribution in [3.05, 3.63) is 88.9 Å². The largest absolute Gasteiger partial charge is 0.497 e. The van der Waals surface area contributed by atoms with Gasteiger partial charge in [-0.15, -0.1) is 0 Å². The van der Waals surface area contributed by atoms with Gasteiger partial charge in [0, 0.05) is 22.3 Å². The third-order valence-corrected chi connectivity index (χ3v) is 6.38. The van der Waals surface area contributed by atoms with Crippen LogP contribution < -0.4 is 19.8 Å². The van der Waals surface area contributed by atoms with Gasteiger partial charge in [0.2, 0.25) is 10.0 Å². The first-order valence-corrected chi connectivity index (χ1v) is 12.9. The number of benzene rings is 3. The molecule has 0 aliphatic rings. The number of carbonyl (C=O) groups is 2. The highest BCUT2D eigenvalue weighted by molar-refractivity contribution is 7.92. The van der Waals surface area contributed by atoms with Gasteiger partial charge in [-0.05, 0) is 55.0 Å². The number of hydrogen-bond donors (Lipinski definition) is 2. The van der Waals surface area contributed by atoms with Crippen molar-refractivity contribution in [3.63, 3.8) is 0 Å². The Morgan fingerprint density at radius 3 is 2.39 bits per heavy atom. The van der Waals surface area contributed by atoms with E-state index in [-0.39, 0.29) is 11.6 Å². The number of halogens is 1. The maximum atomic E-state index is 12.5. The molecule has 0 aromatic heterocycles. The smallest absolute Gasteiger partial charge is 0.260 e. The van der Waals surface area contributed by atoms with E-state index in [4.69, 9.17) is 16.3 Å². The normalized spacial score (nSPS) is 11.5. The average molecular weight is 529 g/mol. The third kappa shape index (κ3) is 7.30. The minimum atomic E-state index is -3.75. The molecule has 2 N–H and O–H groups in total. The summed E-state index contributed by atoms with van der Waals surface area (Å²) in [6.07, 6.45) is 1.01. The van der Waals surface area contributed by atoms with E-state index in [1.54, 1.807) is 73.7 Å². The lowest BCUT2D eigenvalue weighted by atomic mass is 10.1. The molecule has 9 nitrogen and oxygen atoms in total. The van der Waals surface area contributed by atoms with E-state index in [0.717, 1.165) is 10.6 Å². The predicted molar refractivity (Wildman–Crippen MR) is 141 cm³/mol. The highest BCUT2D eigenvalue weighted by atomic mass is 35.5. The van der Waals surface area contributed by atoms with Crippen LogP contribution in [-0.4, -0.2) is 45.9 Å². The Labute approximate surface area is 214 Å². The molecule has 0 unspecified atom stereocenters. The quantitative estimate of drug-likeness (QED) is 0.322. The SMILES string of the molecule is COc1cccc(N(CC(=O)N/N=C(/C)c2cccc(NC(=O)c3cccc(Cl)c3)c2)S(C)(=O)=O)c1. The van der Waals surface area contributed by atoms with E-state index in [9.17, 15) is 18.0 Å². The van der Waals surface area contributed by atoms with Crippen LogP contribution in [0.4, 0.5) is 11.4 Å². The number of hydrazone groups is 1. The van der Waals surface area contributed by atoms with Crippen LogP contribution in [0.15, 0.2) is 77.9 Å². The van der Waals surface area contributed by atoms with Crippen molar-refractivity contribution >= 4 is 50.5 Å². The number of sulfonamides is 1. The molecule has 0 atom stereocenters. The van der Waals surface area contributed by atoms with Crippen molar-refractivity contribution in [2.24, 2.45) is 5.10 Å². The fourth-order valence-corrected chi connectivity index (χ4v) is 4.24. The van der Waals surface area contributed by atoms with Gasteiger partial charge in [0.25, 0.3) is 11.8 Å². The zero-order valence-electron chi connectivity index (χ0n) is 19.9. The Bertz CT molecular complexity index is 1410. The first-order chi connectivity index (χ1) is 17.1. The van der Waals surface area contributed by atoms with Crippen molar-refractivity contribution in [2.45, 2.75) is 6.92 Å². The van der Waals surface area contributed by atoms with Gasteiger partial charge in [0.15, 0.2) is 0 Å². The molecule has 0 fully saturated rings. The lowest BCUT2D eigenvalue weighted by Gasteiger charge is -2.21. The third-order valence-electron chi connectivity index (χ3n) is 5.00. The van der Waals surface area contributed by atoms with Crippen molar-refractivity contribution in [2.75, 3.05) is 29.5 Å². The van der Waals surface area contributed by atoms with Gasteiger partial charge in [-0.1, -0.05) is 35.9 Å². The van der Waals surface area contributed by atoms with Crippen LogP contribution in [0.2, 0.25) is 5.02 Å². The first-order valence-electron chi connectivity index (χ1n) is 10.7. The summed E-state index contributed by atoms with van der Waals surface area (Å²) in [5.74, 6) is -0.498. The zero-order chi connectivity index (χ0) is 26.3. The van der Waals surface area contributed by atoms with Crippen LogP contribution in [0.3, 0.4) is 0 Å². The maximum absolute atomic E-state index is 12.5. The summed E-state index contributed by atoms with van der Waals surface area (Å²) in [5, 5.41) is 7.33. The Kier molecular flexibility index (Phi) is 8.68. The number of amides is 2. The number of nitrogens with one attached hydrogen (secondary N) is 2. The first kappa shape index (κ1) is 26.7. The van der Waals surface area contributed by atoms with Crippen LogP contribution in [-0.2, 0) is 14.8 Å². The Morgan fingerprint density at radius 1 is 1.00 bits per heavy atom. The van der Waals surface area contributed by atoms with Gasteiger partial charge in [0.1, 0.15) is 12.3 Å². The fraction of sp³-hybridized carbons (Fsp3) is 0.160. The highest BCUT2D eigenvalue weighted by Crippen LogP contribution is 2.23. The van der Waals surface area contributed by atoms with Crippen LogP contribution in [0.25, 0.3) is 0 Å².